The Morgan fingerprint density at radius 1 is 1.47 bits per heavy atom. The molecule has 3 heterocycles. The van der Waals surface area contributed by atoms with Gasteiger partial charge in [0.15, 0.2) is 10.8 Å². The van der Waals surface area contributed by atoms with Crippen LogP contribution < -0.4 is 5.32 Å². The first-order valence-corrected chi connectivity index (χ1v) is 5.59. The first kappa shape index (κ1) is 11.5. The maximum atomic E-state index is 11.7. The predicted octanol–water partition coefficient (Wildman–Crippen LogP) is 0.237. The van der Waals surface area contributed by atoms with Gasteiger partial charge in [-0.3, -0.25) is 10.1 Å². The molecule has 0 spiro atoms. The van der Waals surface area contributed by atoms with Crippen molar-refractivity contribution in [1.29, 1.82) is 0 Å². The molecule has 9 nitrogen and oxygen atoms in total. The topological polar surface area (TPSA) is 114 Å². The summed E-state index contributed by atoms with van der Waals surface area (Å²) >= 11 is 5.93. The van der Waals surface area contributed by atoms with E-state index < -0.39 is 0 Å². The number of fused-ring (bicyclic) bond motifs is 1. The number of nitrogens with one attached hydrogen (secondary N) is 2. The summed E-state index contributed by atoms with van der Waals surface area (Å²) in [6.07, 6.45) is 4.23. The number of halogens is 1. The fourth-order valence-corrected chi connectivity index (χ4v) is 1.70. The second-order valence-electron chi connectivity index (χ2n) is 3.58. The van der Waals surface area contributed by atoms with Crippen LogP contribution in [0.15, 0.2) is 19.0 Å². The van der Waals surface area contributed by atoms with Gasteiger partial charge in [0.25, 0.3) is 0 Å². The van der Waals surface area contributed by atoms with Crippen LogP contribution in [-0.2, 0) is 11.3 Å². The second kappa shape index (κ2) is 4.61. The maximum absolute atomic E-state index is 11.7. The Kier molecular flexibility index (Phi) is 2.80. The standard InChI is InChI=1S/C9H7ClN8O/c10-7-6-8(13-3-12-6)17-9(16-7)15-5(19)1-18-4-11-2-14-18/h2-4H,1H2,(H2,12,13,15,16,17,19). The molecule has 3 rings (SSSR count). The van der Waals surface area contributed by atoms with Crippen LogP contribution in [0, 0.1) is 0 Å². The highest BCUT2D eigenvalue weighted by atomic mass is 35.5. The van der Waals surface area contributed by atoms with Crippen molar-refractivity contribution in [2.75, 3.05) is 5.32 Å². The maximum Gasteiger partial charge on any atom is 0.248 e. The minimum atomic E-state index is -0.337. The van der Waals surface area contributed by atoms with E-state index in [-0.39, 0.29) is 23.6 Å². The van der Waals surface area contributed by atoms with E-state index in [1.54, 1.807) is 0 Å². The molecule has 0 atom stereocenters. The van der Waals surface area contributed by atoms with Crippen molar-refractivity contribution in [2.45, 2.75) is 6.54 Å². The van der Waals surface area contributed by atoms with Gasteiger partial charge in [0, 0.05) is 0 Å². The van der Waals surface area contributed by atoms with Crippen LogP contribution in [0.3, 0.4) is 0 Å². The Labute approximate surface area is 111 Å². The number of aromatic amines is 1. The van der Waals surface area contributed by atoms with Gasteiger partial charge in [0.05, 0.1) is 6.33 Å². The predicted molar refractivity (Wildman–Crippen MR) is 65.3 cm³/mol. The summed E-state index contributed by atoms with van der Waals surface area (Å²) in [4.78, 5) is 30.2. The van der Waals surface area contributed by atoms with E-state index in [1.807, 2.05) is 0 Å². The quantitative estimate of drug-likeness (QED) is 0.663. The third-order valence-corrected chi connectivity index (χ3v) is 2.54. The van der Waals surface area contributed by atoms with Crippen molar-refractivity contribution in [3.8, 4) is 0 Å². The number of hydrogen-bond donors (Lipinski definition) is 2. The Balaban J connectivity index is 1.79. The highest BCUT2D eigenvalue weighted by Gasteiger charge is 2.11. The summed E-state index contributed by atoms with van der Waals surface area (Å²) in [7, 11) is 0. The highest BCUT2D eigenvalue weighted by molar-refractivity contribution is 6.33. The molecule has 0 radical (unpaired) electrons. The van der Waals surface area contributed by atoms with E-state index in [4.69, 9.17) is 11.6 Å². The molecule has 3 aromatic heterocycles. The molecule has 19 heavy (non-hydrogen) atoms. The lowest BCUT2D eigenvalue weighted by Gasteiger charge is -2.03. The molecule has 0 saturated carbocycles. The number of carbonyl (C=O) groups excluding carboxylic acids is 1. The van der Waals surface area contributed by atoms with E-state index in [0.29, 0.717) is 11.2 Å². The minimum Gasteiger partial charge on any atom is -0.341 e. The first-order chi connectivity index (χ1) is 9.22. The second-order valence-corrected chi connectivity index (χ2v) is 3.94. The molecule has 0 aliphatic rings. The van der Waals surface area contributed by atoms with E-state index >= 15 is 0 Å². The van der Waals surface area contributed by atoms with Crippen molar-refractivity contribution >= 4 is 34.6 Å². The largest absolute Gasteiger partial charge is 0.341 e. The van der Waals surface area contributed by atoms with Gasteiger partial charge in [-0.1, -0.05) is 11.6 Å². The molecule has 10 heteroatoms. The average molecular weight is 279 g/mol. The molecule has 0 fully saturated rings. The number of amides is 1. The zero-order valence-corrected chi connectivity index (χ0v) is 10.2. The van der Waals surface area contributed by atoms with Gasteiger partial charge in [-0.05, 0) is 0 Å². The molecule has 96 valence electrons. The van der Waals surface area contributed by atoms with Crippen molar-refractivity contribution in [1.82, 2.24) is 34.7 Å². The van der Waals surface area contributed by atoms with E-state index in [9.17, 15) is 4.79 Å². The normalized spacial score (nSPS) is 10.8. The fourth-order valence-electron chi connectivity index (χ4n) is 1.48. The molecule has 0 aliphatic heterocycles. The molecule has 0 saturated heterocycles. The SMILES string of the molecule is O=C(Cn1cncn1)Nc1nc(Cl)c2[nH]cnc2n1. The van der Waals surface area contributed by atoms with Gasteiger partial charge >= 0.3 is 0 Å². The Morgan fingerprint density at radius 2 is 2.37 bits per heavy atom. The van der Waals surface area contributed by atoms with Gasteiger partial charge in [0.2, 0.25) is 11.9 Å². The smallest absolute Gasteiger partial charge is 0.248 e. The van der Waals surface area contributed by atoms with Gasteiger partial charge < -0.3 is 4.98 Å². The van der Waals surface area contributed by atoms with Crippen LogP contribution in [0.4, 0.5) is 5.95 Å². The lowest BCUT2D eigenvalue weighted by atomic mass is 10.5. The van der Waals surface area contributed by atoms with Crippen LogP contribution >= 0.6 is 11.6 Å². The van der Waals surface area contributed by atoms with Gasteiger partial charge in [-0.15, -0.1) is 0 Å². The zero-order valence-electron chi connectivity index (χ0n) is 9.41. The summed E-state index contributed by atoms with van der Waals surface area (Å²) in [5, 5.41) is 6.53. The summed E-state index contributed by atoms with van der Waals surface area (Å²) in [5.74, 6) is -0.244. The Morgan fingerprint density at radius 3 is 3.16 bits per heavy atom. The lowest BCUT2D eigenvalue weighted by Crippen LogP contribution is -2.20. The van der Waals surface area contributed by atoms with E-state index in [2.05, 4.69) is 35.3 Å². The van der Waals surface area contributed by atoms with Crippen LogP contribution in [0.5, 0.6) is 0 Å². The number of anilines is 1. The number of carbonyl (C=O) groups is 1. The highest BCUT2D eigenvalue weighted by Crippen LogP contribution is 2.17. The molecule has 2 N–H and O–H groups in total. The van der Waals surface area contributed by atoms with Crippen molar-refractivity contribution in [3.63, 3.8) is 0 Å². The number of H-pyrrole nitrogens is 1. The monoisotopic (exact) mass is 278 g/mol. The number of nitrogens with zero attached hydrogens (tertiary/aromatic N) is 6. The summed E-state index contributed by atoms with van der Waals surface area (Å²) in [5.41, 5.74) is 0.909. The third-order valence-electron chi connectivity index (χ3n) is 2.26. The van der Waals surface area contributed by atoms with Crippen molar-refractivity contribution < 1.29 is 4.79 Å². The van der Waals surface area contributed by atoms with E-state index in [0.717, 1.165) is 0 Å². The van der Waals surface area contributed by atoms with Crippen LogP contribution in [-0.4, -0.2) is 40.6 Å². The zero-order chi connectivity index (χ0) is 13.2. The third kappa shape index (κ3) is 2.36. The Hall–Kier alpha value is -2.55. The molecular weight excluding hydrogens is 272 g/mol. The van der Waals surface area contributed by atoms with Crippen LogP contribution in [0.1, 0.15) is 0 Å². The minimum absolute atomic E-state index is 0.0135. The lowest BCUT2D eigenvalue weighted by molar-refractivity contribution is -0.116. The summed E-state index contributed by atoms with van der Waals surface area (Å²) < 4.78 is 1.38. The van der Waals surface area contributed by atoms with Crippen LogP contribution in [0.2, 0.25) is 5.15 Å². The molecule has 0 unspecified atom stereocenters. The summed E-state index contributed by atoms with van der Waals surface area (Å²) in [6, 6.07) is 0. The molecule has 0 aliphatic carbocycles. The van der Waals surface area contributed by atoms with Gasteiger partial charge in [0.1, 0.15) is 24.7 Å². The van der Waals surface area contributed by atoms with Crippen LogP contribution in [0.25, 0.3) is 11.2 Å². The molecule has 0 aromatic carbocycles. The summed E-state index contributed by atoms with van der Waals surface area (Å²) in [6.45, 7) is 0.0135. The number of rotatable bonds is 3. The van der Waals surface area contributed by atoms with E-state index in [1.165, 1.54) is 23.7 Å². The number of aromatic nitrogens is 7. The number of hydrogen-bond acceptors (Lipinski definition) is 6. The van der Waals surface area contributed by atoms with Crippen molar-refractivity contribution in [2.24, 2.45) is 0 Å². The fraction of sp³-hybridized carbons (Fsp3) is 0.111. The average Bonchev–Trinajstić information content (AvgIpc) is 2.99. The van der Waals surface area contributed by atoms with Crippen molar-refractivity contribution in [3.05, 3.63) is 24.1 Å². The molecule has 3 aromatic rings. The molecule has 1 amide bonds. The molecule has 0 bridgehead atoms. The molecular formula is C9H7ClN8O. The first-order valence-electron chi connectivity index (χ1n) is 5.21. The number of imidazole rings is 1. The van der Waals surface area contributed by atoms with Gasteiger partial charge in [-0.2, -0.15) is 15.1 Å². The van der Waals surface area contributed by atoms with Gasteiger partial charge in [-0.25, -0.2) is 14.6 Å². The Bertz CT molecular complexity index is 721.